The Morgan fingerprint density at radius 3 is 0.694 bits per heavy atom. The largest absolute Gasteiger partial charge is 0.0654 e. The smallest absolute Gasteiger partial charge is 0.0443 e. The Bertz CT molecular complexity index is 349. The Labute approximate surface area is 232 Å². The van der Waals surface area contributed by atoms with Crippen LogP contribution in [0.2, 0.25) is 0 Å². The highest BCUT2D eigenvalue weighted by molar-refractivity contribution is 4.61. The Morgan fingerprint density at radius 1 is 0.250 bits per heavy atom. The van der Waals surface area contributed by atoms with Crippen LogP contribution in [0.4, 0.5) is 0 Å². The molecule has 0 fully saturated rings. The monoisotopic (exact) mass is 507 g/mol. The molecule has 0 aromatic carbocycles. The van der Waals surface area contributed by atoms with Crippen LogP contribution in [0.1, 0.15) is 214 Å². The lowest BCUT2D eigenvalue weighted by Crippen LogP contribution is -2.01. The van der Waals surface area contributed by atoms with E-state index in [9.17, 15) is 0 Å². The first kappa shape index (κ1) is 36.0. The summed E-state index contributed by atoms with van der Waals surface area (Å²) in [6.45, 7) is 12.1. The molecule has 0 rings (SSSR count). The van der Waals surface area contributed by atoms with Crippen molar-refractivity contribution < 1.29 is 0 Å². The second kappa shape index (κ2) is 29.6. The second-order valence-corrected chi connectivity index (χ2v) is 13.1. The fourth-order valence-corrected chi connectivity index (χ4v) is 6.02. The molecule has 0 amide bonds. The van der Waals surface area contributed by atoms with Gasteiger partial charge in [0.05, 0.1) is 0 Å². The zero-order valence-corrected chi connectivity index (χ0v) is 26.5. The number of unbranched alkanes of at least 4 members (excludes halogenated alkanes) is 18. The van der Waals surface area contributed by atoms with Crippen LogP contribution >= 0.6 is 0 Å². The zero-order chi connectivity index (χ0) is 26.5. The third-order valence-corrected chi connectivity index (χ3v) is 8.89. The molecule has 36 heavy (non-hydrogen) atoms. The first-order valence-electron chi connectivity index (χ1n) is 17.6. The zero-order valence-electron chi connectivity index (χ0n) is 26.5. The number of hydrogen-bond acceptors (Lipinski definition) is 0. The van der Waals surface area contributed by atoms with Crippen molar-refractivity contribution in [2.45, 2.75) is 214 Å². The van der Waals surface area contributed by atoms with Crippen molar-refractivity contribution >= 4 is 0 Å². The second-order valence-electron chi connectivity index (χ2n) is 13.1. The third-order valence-electron chi connectivity index (χ3n) is 8.89. The van der Waals surface area contributed by atoms with E-state index in [2.05, 4.69) is 34.6 Å². The van der Waals surface area contributed by atoms with Crippen LogP contribution in [0, 0.1) is 17.8 Å². The number of hydrogen-bond donors (Lipinski definition) is 0. The molecule has 218 valence electrons. The van der Waals surface area contributed by atoms with E-state index in [1.807, 2.05) is 0 Å². The molecule has 2 atom stereocenters. The highest BCUT2D eigenvalue weighted by Crippen LogP contribution is 2.23. The summed E-state index contributed by atoms with van der Waals surface area (Å²) in [6, 6.07) is 0. The summed E-state index contributed by atoms with van der Waals surface area (Å²) in [4.78, 5) is 0. The summed E-state index contributed by atoms with van der Waals surface area (Å²) in [5, 5.41) is 0. The summed E-state index contributed by atoms with van der Waals surface area (Å²) in [6.07, 6.45) is 41.0. The van der Waals surface area contributed by atoms with Gasteiger partial charge in [-0.2, -0.15) is 0 Å². The first-order chi connectivity index (χ1) is 17.6. The van der Waals surface area contributed by atoms with E-state index in [0.717, 1.165) is 17.8 Å². The molecule has 0 aliphatic rings. The molecule has 0 bridgehead atoms. The van der Waals surface area contributed by atoms with Gasteiger partial charge in [-0.15, -0.1) is 0 Å². The average molecular weight is 507 g/mol. The maximum absolute atomic E-state index is 2.51. The minimum absolute atomic E-state index is 0.944. The molecule has 0 heteroatoms. The summed E-state index contributed by atoms with van der Waals surface area (Å²) < 4.78 is 0. The first-order valence-corrected chi connectivity index (χ1v) is 17.6. The van der Waals surface area contributed by atoms with Crippen LogP contribution < -0.4 is 0 Å². The van der Waals surface area contributed by atoms with Crippen LogP contribution in [-0.4, -0.2) is 0 Å². The van der Waals surface area contributed by atoms with Gasteiger partial charge < -0.3 is 0 Å². The van der Waals surface area contributed by atoms with E-state index >= 15 is 0 Å². The van der Waals surface area contributed by atoms with Crippen LogP contribution in [0.25, 0.3) is 0 Å². The predicted octanol–water partition coefficient (Wildman–Crippen LogP) is 13.9. The van der Waals surface area contributed by atoms with E-state index in [1.54, 1.807) is 0 Å². The van der Waals surface area contributed by atoms with Crippen molar-refractivity contribution in [3.05, 3.63) is 0 Å². The van der Waals surface area contributed by atoms with E-state index in [4.69, 9.17) is 0 Å². The minimum Gasteiger partial charge on any atom is -0.0654 e. The van der Waals surface area contributed by atoms with E-state index in [-0.39, 0.29) is 0 Å². The van der Waals surface area contributed by atoms with Crippen molar-refractivity contribution in [1.82, 2.24) is 0 Å². The van der Waals surface area contributed by atoms with Crippen LogP contribution in [0.5, 0.6) is 0 Å². The fourth-order valence-electron chi connectivity index (χ4n) is 6.02. The molecule has 2 unspecified atom stereocenters. The van der Waals surface area contributed by atoms with Crippen molar-refractivity contribution in [3.63, 3.8) is 0 Å². The molecule has 0 heterocycles. The van der Waals surface area contributed by atoms with Crippen molar-refractivity contribution in [2.75, 3.05) is 0 Å². The Morgan fingerprint density at radius 2 is 0.444 bits per heavy atom. The van der Waals surface area contributed by atoms with E-state index in [1.165, 1.54) is 180 Å². The highest BCUT2D eigenvalue weighted by Gasteiger charge is 2.08. The van der Waals surface area contributed by atoms with Gasteiger partial charge in [-0.25, -0.2) is 0 Å². The van der Waals surface area contributed by atoms with Gasteiger partial charge in [0.2, 0.25) is 0 Å². The fraction of sp³-hybridized carbons (Fsp3) is 1.00. The van der Waals surface area contributed by atoms with Crippen molar-refractivity contribution in [1.29, 1.82) is 0 Å². The Hall–Kier alpha value is 0. The van der Waals surface area contributed by atoms with E-state index < -0.39 is 0 Å². The molecule has 0 aliphatic heterocycles. The maximum Gasteiger partial charge on any atom is -0.0443 e. The highest BCUT2D eigenvalue weighted by atomic mass is 14.1. The summed E-state index contributed by atoms with van der Waals surface area (Å²) in [5.41, 5.74) is 0. The summed E-state index contributed by atoms with van der Waals surface area (Å²) >= 11 is 0. The standard InChI is InChI=1S/C36H74/c1-6-8-10-12-14-16-18-20-22-24-28-34(3)30-26-32-36(5)33-27-31-35(4)29-25-23-21-19-17-15-13-11-9-7-2/h34-36H,6-33H2,1-5H3. The molecule has 0 spiro atoms. The van der Waals surface area contributed by atoms with Crippen LogP contribution in [0.15, 0.2) is 0 Å². The van der Waals surface area contributed by atoms with Gasteiger partial charge in [0.1, 0.15) is 0 Å². The molecule has 0 aromatic rings. The molecular formula is C36H74. The van der Waals surface area contributed by atoms with Gasteiger partial charge in [-0.1, -0.05) is 214 Å². The lowest BCUT2D eigenvalue weighted by Gasteiger charge is -2.16. The van der Waals surface area contributed by atoms with Gasteiger partial charge >= 0.3 is 0 Å². The van der Waals surface area contributed by atoms with Gasteiger partial charge in [-0.3, -0.25) is 0 Å². The predicted molar refractivity (Wildman–Crippen MR) is 168 cm³/mol. The summed E-state index contributed by atoms with van der Waals surface area (Å²) in [7, 11) is 0. The third kappa shape index (κ3) is 28.6. The Kier molecular flexibility index (Phi) is 29.6. The van der Waals surface area contributed by atoms with Gasteiger partial charge in [0, 0.05) is 0 Å². The van der Waals surface area contributed by atoms with Crippen molar-refractivity contribution in [2.24, 2.45) is 17.8 Å². The normalized spacial score (nSPS) is 14.2. The van der Waals surface area contributed by atoms with Crippen LogP contribution in [-0.2, 0) is 0 Å². The molecular weight excluding hydrogens is 432 g/mol. The van der Waals surface area contributed by atoms with Crippen LogP contribution in [0.3, 0.4) is 0 Å². The summed E-state index contributed by atoms with van der Waals surface area (Å²) in [5.74, 6) is 2.85. The van der Waals surface area contributed by atoms with Gasteiger partial charge in [0.15, 0.2) is 0 Å². The average Bonchev–Trinajstić information content (AvgIpc) is 2.86. The van der Waals surface area contributed by atoms with Crippen molar-refractivity contribution in [3.8, 4) is 0 Å². The van der Waals surface area contributed by atoms with Gasteiger partial charge in [-0.05, 0) is 17.8 Å². The molecule has 0 N–H and O–H groups in total. The molecule has 0 saturated heterocycles. The number of rotatable bonds is 30. The van der Waals surface area contributed by atoms with Gasteiger partial charge in [0.25, 0.3) is 0 Å². The topological polar surface area (TPSA) is 0 Å². The molecule has 0 aliphatic carbocycles. The maximum atomic E-state index is 2.51. The lowest BCUT2D eigenvalue weighted by atomic mass is 9.90. The minimum atomic E-state index is 0.944. The van der Waals surface area contributed by atoms with E-state index in [0.29, 0.717) is 0 Å². The Balaban J connectivity index is 3.39. The molecule has 0 nitrogen and oxygen atoms in total. The SMILES string of the molecule is CCCCCCCCCCCCC(C)CCCC(C)CCCC(C)CCCCCCCCCCCC. The molecule has 0 radical (unpaired) electrons. The molecule has 0 saturated carbocycles. The lowest BCUT2D eigenvalue weighted by molar-refractivity contribution is 0.373. The molecule has 0 aromatic heterocycles. The quantitative estimate of drug-likeness (QED) is 0.0849.